The van der Waals surface area contributed by atoms with Crippen molar-refractivity contribution in [2.24, 2.45) is 0 Å². The minimum absolute atomic E-state index is 0.0819. The minimum atomic E-state index is -3.75. The average molecular weight is 341 g/mol. The second kappa shape index (κ2) is 3.94. The molecule has 2 aromatic rings. The number of aromatic nitrogens is 1. The van der Waals surface area contributed by atoms with Gasteiger partial charge in [0.05, 0.1) is 5.69 Å². The highest BCUT2D eigenvalue weighted by molar-refractivity contribution is 9.10. The van der Waals surface area contributed by atoms with Gasteiger partial charge in [-0.15, -0.1) is 0 Å². The van der Waals surface area contributed by atoms with Crippen LogP contribution in [0.4, 0.5) is 5.69 Å². The van der Waals surface area contributed by atoms with Gasteiger partial charge in [0.1, 0.15) is 10.6 Å². The molecule has 1 aromatic carbocycles. The van der Waals surface area contributed by atoms with Crippen LogP contribution >= 0.6 is 15.9 Å². The van der Waals surface area contributed by atoms with Gasteiger partial charge in [-0.2, -0.15) is 0 Å². The van der Waals surface area contributed by atoms with Gasteiger partial charge in [0.15, 0.2) is 0 Å². The predicted octanol–water partition coefficient (Wildman–Crippen LogP) is 2.36. The molecule has 3 rings (SSSR count). The van der Waals surface area contributed by atoms with Crippen molar-refractivity contribution in [2.45, 2.75) is 11.8 Å². The summed E-state index contributed by atoms with van der Waals surface area (Å²) in [6.45, 7) is 1.74. The SMILES string of the molecule is Cc1cc2n(c1)S(=O)(=O)c1ccc(Br)cc1NC2=O. The number of fused-ring (bicyclic) bond motifs is 2. The van der Waals surface area contributed by atoms with Crippen LogP contribution in [0.25, 0.3) is 0 Å². The van der Waals surface area contributed by atoms with Crippen molar-refractivity contribution in [3.63, 3.8) is 0 Å². The molecule has 0 saturated carbocycles. The van der Waals surface area contributed by atoms with Gasteiger partial charge < -0.3 is 5.32 Å². The Morgan fingerprint density at radius 2 is 2.00 bits per heavy atom. The molecule has 19 heavy (non-hydrogen) atoms. The van der Waals surface area contributed by atoms with Gasteiger partial charge >= 0.3 is 0 Å². The Kier molecular flexibility index (Phi) is 2.58. The molecule has 1 amide bonds. The topological polar surface area (TPSA) is 68.2 Å². The molecule has 98 valence electrons. The van der Waals surface area contributed by atoms with E-state index in [0.717, 1.165) is 3.97 Å². The van der Waals surface area contributed by atoms with Crippen LogP contribution in [0.5, 0.6) is 0 Å². The van der Waals surface area contributed by atoms with Crippen molar-refractivity contribution in [1.29, 1.82) is 0 Å². The number of hydrogen-bond acceptors (Lipinski definition) is 3. The van der Waals surface area contributed by atoms with Crippen molar-refractivity contribution in [3.8, 4) is 0 Å². The molecule has 1 aliphatic heterocycles. The number of aryl methyl sites for hydroxylation is 1. The first-order valence-electron chi connectivity index (χ1n) is 5.45. The Hall–Kier alpha value is -1.60. The number of hydrogen-bond donors (Lipinski definition) is 1. The number of anilines is 1. The van der Waals surface area contributed by atoms with Gasteiger partial charge in [0.2, 0.25) is 0 Å². The Morgan fingerprint density at radius 3 is 2.74 bits per heavy atom. The number of nitrogens with one attached hydrogen (secondary N) is 1. The summed E-state index contributed by atoms with van der Waals surface area (Å²) < 4.78 is 26.8. The standard InChI is InChI=1S/C12H9BrN2O3S/c1-7-4-10-12(16)14-9-5-8(13)2-3-11(9)19(17,18)15(10)6-7/h2-6H,1H3,(H,14,16). The van der Waals surface area contributed by atoms with Gasteiger partial charge in [-0.3, -0.25) is 4.79 Å². The third-order valence-electron chi connectivity index (χ3n) is 2.88. The Bertz CT molecular complexity index is 808. The van der Waals surface area contributed by atoms with Gasteiger partial charge in [-0.1, -0.05) is 15.9 Å². The van der Waals surface area contributed by atoms with Crippen molar-refractivity contribution < 1.29 is 13.2 Å². The molecule has 1 aliphatic rings. The fraction of sp³-hybridized carbons (Fsp3) is 0.0833. The first-order valence-corrected chi connectivity index (χ1v) is 7.68. The molecular formula is C12H9BrN2O3S. The first kappa shape index (κ1) is 12.4. The largest absolute Gasteiger partial charge is 0.319 e. The Morgan fingerprint density at radius 1 is 1.26 bits per heavy atom. The third-order valence-corrected chi connectivity index (χ3v) is 5.11. The molecule has 0 saturated heterocycles. The Labute approximate surface area is 118 Å². The monoisotopic (exact) mass is 340 g/mol. The molecular weight excluding hydrogens is 332 g/mol. The van der Waals surface area contributed by atoms with E-state index in [2.05, 4.69) is 21.2 Å². The molecule has 0 aliphatic carbocycles. The smallest absolute Gasteiger partial charge is 0.273 e. The van der Waals surface area contributed by atoms with E-state index < -0.39 is 15.9 Å². The average Bonchev–Trinajstić information content (AvgIpc) is 2.69. The zero-order chi connectivity index (χ0) is 13.8. The number of halogens is 1. The molecule has 0 fully saturated rings. The molecule has 0 unspecified atom stereocenters. The highest BCUT2D eigenvalue weighted by Gasteiger charge is 2.30. The Balaban J connectivity index is 2.39. The van der Waals surface area contributed by atoms with Crippen LogP contribution < -0.4 is 5.32 Å². The zero-order valence-electron chi connectivity index (χ0n) is 9.84. The van der Waals surface area contributed by atoms with Crippen molar-refractivity contribution in [3.05, 3.63) is 46.2 Å². The van der Waals surface area contributed by atoms with Crippen molar-refractivity contribution in [2.75, 3.05) is 5.32 Å². The summed E-state index contributed by atoms with van der Waals surface area (Å²) in [6.07, 6.45) is 1.45. The normalized spacial score (nSPS) is 16.2. The van der Waals surface area contributed by atoms with E-state index in [0.29, 0.717) is 10.0 Å². The van der Waals surface area contributed by atoms with Crippen LogP contribution in [0.3, 0.4) is 0 Å². The molecule has 0 bridgehead atoms. The lowest BCUT2D eigenvalue weighted by Crippen LogP contribution is -2.16. The molecule has 0 spiro atoms. The summed E-state index contributed by atoms with van der Waals surface area (Å²) in [4.78, 5) is 12.2. The molecule has 0 atom stereocenters. The van der Waals surface area contributed by atoms with E-state index in [1.54, 1.807) is 25.1 Å². The summed E-state index contributed by atoms with van der Waals surface area (Å²) in [5, 5.41) is 2.62. The highest BCUT2D eigenvalue weighted by Crippen LogP contribution is 2.31. The lowest BCUT2D eigenvalue weighted by molar-refractivity contribution is 0.102. The van der Waals surface area contributed by atoms with Crippen molar-refractivity contribution in [1.82, 2.24) is 3.97 Å². The summed E-state index contributed by atoms with van der Waals surface area (Å²) in [7, 11) is -3.75. The lowest BCUT2D eigenvalue weighted by Gasteiger charge is -2.07. The highest BCUT2D eigenvalue weighted by atomic mass is 79.9. The van der Waals surface area contributed by atoms with E-state index in [4.69, 9.17) is 0 Å². The van der Waals surface area contributed by atoms with Crippen LogP contribution in [0, 0.1) is 6.92 Å². The van der Waals surface area contributed by atoms with Gasteiger partial charge in [-0.05, 0) is 36.8 Å². The lowest BCUT2D eigenvalue weighted by atomic mass is 10.3. The summed E-state index contributed by atoms with van der Waals surface area (Å²) in [6, 6.07) is 6.22. The summed E-state index contributed by atoms with van der Waals surface area (Å²) >= 11 is 3.26. The second-order valence-corrected chi connectivity index (χ2v) is 7.00. The molecule has 1 aromatic heterocycles. The van der Waals surface area contributed by atoms with Crippen LogP contribution in [0.1, 0.15) is 16.1 Å². The van der Waals surface area contributed by atoms with Crippen LogP contribution in [-0.2, 0) is 10.0 Å². The van der Waals surface area contributed by atoms with E-state index in [1.807, 2.05) is 0 Å². The maximum atomic E-state index is 12.5. The summed E-state index contributed by atoms with van der Waals surface area (Å²) in [5.41, 5.74) is 1.11. The van der Waals surface area contributed by atoms with Crippen LogP contribution in [0.2, 0.25) is 0 Å². The fourth-order valence-electron chi connectivity index (χ4n) is 2.05. The zero-order valence-corrected chi connectivity index (χ0v) is 12.2. The van der Waals surface area contributed by atoms with E-state index in [-0.39, 0.29) is 16.3 Å². The quantitative estimate of drug-likeness (QED) is 0.800. The third kappa shape index (κ3) is 1.81. The maximum absolute atomic E-state index is 12.5. The van der Waals surface area contributed by atoms with Crippen LogP contribution in [-0.4, -0.2) is 18.3 Å². The molecule has 7 heteroatoms. The van der Waals surface area contributed by atoms with Crippen LogP contribution in [0.15, 0.2) is 39.8 Å². The maximum Gasteiger partial charge on any atom is 0.273 e. The number of nitrogens with zero attached hydrogens (tertiary/aromatic N) is 1. The molecule has 0 radical (unpaired) electrons. The van der Waals surface area contributed by atoms with Gasteiger partial charge in [-0.25, -0.2) is 12.4 Å². The molecule has 1 N–H and O–H groups in total. The van der Waals surface area contributed by atoms with E-state index in [9.17, 15) is 13.2 Å². The predicted molar refractivity (Wildman–Crippen MR) is 73.8 cm³/mol. The molecule has 2 heterocycles. The number of benzene rings is 1. The number of carbonyl (C=O) groups excluding carboxylic acids is 1. The van der Waals surface area contributed by atoms with Crippen molar-refractivity contribution >= 4 is 37.5 Å². The second-order valence-electron chi connectivity index (χ2n) is 4.30. The number of carbonyl (C=O) groups is 1. The van der Waals surface area contributed by atoms with Gasteiger partial charge in [0.25, 0.3) is 15.9 Å². The number of rotatable bonds is 0. The van der Waals surface area contributed by atoms with E-state index >= 15 is 0 Å². The fourth-order valence-corrected chi connectivity index (χ4v) is 3.95. The molecule has 5 nitrogen and oxygen atoms in total. The summed E-state index contributed by atoms with van der Waals surface area (Å²) in [5.74, 6) is -0.437. The first-order chi connectivity index (χ1) is 8.89. The van der Waals surface area contributed by atoms with Gasteiger partial charge in [0, 0.05) is 10.7 Å². The minimum Gasteiger partial charge on any atom is -0.319 e. The van der Waals surface area contributed by atoms with E-state index in [1.165, 1.54) is 12.3 Å². The number of amides is 1.